The maximum absolute atomic E-state index is 11.0. The molecule has 0 aromatic heterocycles. The summed E-state index contributed by atoms with van der Waals surface area (Å²) in [7, 11) is 0. The van der Waals surface area contributed by atoms with Crippen LogP contribution < -0.4 is 10.6 Å². The second-order valence-electron chi connectivity index (χ2n) is 3.93. The van der Waals surface area contributed by atoms with Gasteiger partial charge in [0.15, 0.2) is 0 Å². The number of carbonyl (C=O) groups is 2. The number of nitrogens with one attached hydrogen (secondary N) is 2. The summed E-state index contributed by atoms with van der Waals surface area (Å²) < 4.78 is 0. The Balaban J connectivity index is 2.64. The molecular formula is C10H18N2O3. The van der Waals surface area contributed by atoms with Gasteiger partial charge in [0.05, 0.1) is 6.04 Å². The van der Waals surface area contributed by atoms with Crippen molar-refractivity contribution in [2.24, 2.45) is 0 Å². The van der Waals surface area contributed by atoms with E-state index in [1.165, 1.54) is 6.92 Å². The first kappa shape index (κ1) is 12.0. The fourth-order valence-corrected chi connectivity index (χ4v) is 1.91. The molecule has 0 spiro atoms. The molecule has 1 fully saturated rings. The number of amides is 1. The first-order valence-corrected chi connectivity index (χ1v) is 5.34. The Bertz CT molecular complexity index is 243. The predicted molar refractivity (Wildman–Crippen MR) is 55.5 cm³/mol. The van der Waals surface area contributed by atoms with Gasteiger partial charge in [-0.15, -0.1) is 0 Å². The van der Waals surface area contributed by atoms with Crippen molar-refractivity contribution in [1.82, 2.24) is 10.6 Å². The molecule has 1 rings (SSSR count). The largest absolute Gasteiger partial charge is 0.480 e. The van der Waals surface area contributed by atoms with Crippen molar-refractivity contribution in [3.05, 3.63) is 0 Å². The van der Waals surface area contributed by atoms with Gasteiger partial charge in [-0.05, 0) is 19.4 Å². The maximum atomic E-state index is 11.0. The van der Waals surface area contributed by atoms with Gasteiger partial charge in [0.2, 0.25) is 5.91 Å². The zero-order valence-electron chi connectivity index (χ0n) is 8.95. The normalized spacial score (nSPS) is 27.5. The highest BCUT2D eigenvalue weighted by atomic mass is 16.4. The third-order valence-electron chi connectivity index (χ3n) is 2.61. The van der Waals surface area contributed by atoms with Crippen LogP contribution in [0.5, 0.6) is 0 Å². The first-order valence-electron chi connectivity index (χ1n) is 5.34. The molecular weight excluding hydrogens is 196 g/mol. The van der Waals surface area contributed by atoms with Crippen LogP contribution in [-0.2, 0) is 9.59 Å². The molecule has 0 saturated carbocycles. The summed E-state index contributed by atoms with van der Waals surface area (Å²) in [5.41, 5.74) is 0. The summed E-state index contributed by atoms with van der Waals surface area (Å²) in [4.78, 5) is 21.9. The highest BCUT2D eigenvalue weighted by molar-refractivity contribution is 5.78. The second-order valence-corrected chi connectivity index (χ2v) is 3.93. The van der Waals surface area contributed by atoms with E-state index in [9.17, 15) is 9.59 Å². The van der Waals surface area contributed by atoms with Crippen LogP contribution in [0.1, 0.15) is 32.6 Å². The summed E-state index contributed by atoms with van der Waals surface area (Å²) in [6.07, 6.45) is 3.77. The van der Waals surface area contributed by atoms with Gasteiger partial charge in [0.25, 0.3) is 0 Å². The van der Waals surface area contributed by atoms with Gasteiger partial charge in [-0.2, -0.15) is 0 Å². The quantitative estimate of drug-likeness (QED) is 0.609. The van der Waals surface area contributed by atoms with Crippen molar-refractivity contribution in [2.75, 3.05) is 6.54 Å². The van der Waals surface area contributed by atoms with Gasteiger partial charge >= 0.3 is 5.97 Å². The number of carbonyl (C=O) groups excluding carboxylic acids is 1. The summed E-state index contributed by atoms with van der Waals surface area (Å²) in [5.74, 6) is -1.07. The number of hydrogen-bond donors (Lipinski definition) is 3. The smallest absolute Gasteiger partial charge is 0.322 e. The molecule has 1 aliphatic heterocycles. The standard InChI is InChI=1S/C10H18N2O3/c1-7(13)12-8-5-3-2-4-6-11-9(8)10(14)15/h8-9,11H,2-6H2,1H3,(H,12,13)(H,14,15). The molecule has 5 heteroatoms. The van der Waals surface area contributed by atoms with E-state index in [0.29, 0.717) is 6.54 Å². The van der Waals surface area contributed by atoms with Crippen LogP contribution >= 0.6 is 0 Å². The number of carboxylic acids is 1. The van der Waals surface area contributed by atoms with Crippen LogP contribution in [-0.4, -0.2) is 35.6 Å². The van der Waals surface area contributed by atoms with Gasteiger partial charge in [0.1, 0.15) is 6.04 Å². The van der Waals surface area contributed by atoms with E-state index >= 15 is 0 Å². The third kappa shape index (κ3) is 3.87. The van der Waals surface area contributed by atoms with Gasteiger partial charge < -0.3 is 15.7 Å². The fraction of sp³-hybridized carbons (Fsp3) is 0.800. The molecule has 5 nitrogen and oxygen atoms in total. The van der Waals surface area contributed by atoms with Crippen LogP contribution in [0, 0.1) is 0 Å². The average Bonchev–Trinajstić information content (AvgIpc) is 2.08. The Morgan fingerprint density at radius 3 is 2.67 bits per heavy atom. The lowest BCUT2D eigenvalue weighted by molar-refractivity contribution is -0.140. The zero-order valence-corrected chi connectivity index (χ0v) is 8.95. The van der Waals surface area contributed by atoms with E-state index in [-0.39, 0.29) is 11.9 Å². The molecule has 1 aliphatic rings. The summed E-state index contributed by atoms with van der Waals surface area (Å²) >= 11 is 0. The number of carboxylic acid groups (broad SMARTS) is 1. The van der Waals surface area contributed by atoms with Crippen molar-refractivity contribution in [1.29, 1.82) is 0 Å². The van der Waals surface area contributed by atoms with Crippen molar-refractivity contribution >= 4 is 11.9 Å². The number of rotatable bonds is 2. The summed E-state index contributed by atoms with van der Waals surface area (Å²) in [6, 6.07) is -0.950. The predicted octanol–water partition coefficient (Wildman–Crippen LogP) is 0.108. The first-order chi connectivity index (χ1) is 7.11. The van der Waals surface area contributed by atoms with Crippen LogP contribution in [0.15, 0.2) is 0 Å². The van der Waals surface area contributed by atoms with Crippen LogP contribution in [0.25, 0.3) is 0 Å². The van der Waals surface area contributed by atoms with E-state index in [2.05, 4.69) is 10.6 Å². The van der Waals surface area contributed by atoms with E-state index in [1.54, 1.807) is 0 Å². The molecule has 15 heavy (non-hydrogen) atoms. The van der Waals surface area contributed by atoms with Crippen molar-refractivity contribution in [3.8, 4) is 0 Å². The number of hydrogen-bond acceptors (Lipinski definition) is 3. The van der Waals surface area contributed by atoms with Crippen LogP contribution in [0.3, 0.4) is 0 Å². The molecule has 0 aliphatic carbocycles. The Labute approximate surface area is 89.2 Å². The third-order valence-corrected chi connectivity index (χ3v) is 2.61. The molecule has 0 bridgehead atoms. The number of aliphatic carboxylic acids is 1. The molecule has 0 radical (unpaired) electrons. The minimum Gasteiger partial charge on any atom is -0.480 e. The second kappa shape index (κ2) is 5.70. The monoisotopic (exact) mass is 214 g/mol. The topological polar surface area (TPSA) is 78.4 Å². The Morgan fingerprint density at radius 2 is 2.07 bits per heavy atom. The van der Waals surface area contributed by atoms with E-state index < -0.39 is 12.0 Å². The SMILES string of the molecule is CC(=O)NC1CCCCCNC1C(=O)O. The van der Waals surface area contributed by atoms with E-state index in [4.69, 9.17) is 5.11 Å². The molecule has 0 aromatic rings. The lowest BCUT2D eigenvalue weighted by Crippen LogP contribution is -2.54. The van der Waals surface area contributed by atoms with Crippen molar-refractivity contribution < 1.29 is 14.7 Å². The summed E-state index contributed by atoms with van der Waals surface area (Å²) in [6.45, 7) is 2.12. The summed E-state index contributed by atoms with van der Waals surface area (Å²) in [5, 5.41) is 14.7. The highest BCUT2D eigenvalue weighted by Crippen LogP contribution is 2.11. The lowest BCUT2D eigenvalue weighted by Gasteiger charge is -2.27. The minimum absolute atomic E-state index is 0.173. The van der Waals surface area contributed by atoms with E-state index in [1.807, 2.05) is 0 Å². The molecule has 86 valence electrons. The van der Waals surface area contributed by atoms with Gasteiger partial charge in [-0.3, -0.25) is 9.59 Å². The lowest BCUT2D eigenvalue weighted by atomic mass is 9.98. The van der Waals surface area contributed by atoms with Crippen LogP contribution in [0.4, 0.5) is 0 Å². The molecule has 1 saturated heterocycles. The van der Waals surface area contributed by atoms with Crippen molar-refractivity contribution in [3.63, 3.8) is 0 Å². The highest BCUT2D eigenvalue weighted by Gasteiger charge is 2.28. The Kier molecular flexibility index (Phi) is 4.55. The molecule has 1 amide bonds. The minimum atomic E-state index is -0.893. The average molecular weight is 214 g/mol. The molecule has 2 atom stereocenters. The molecule has 0 aromatic carbocycles. The Morgan fingerprint density at radius 1 is 1.33 bits per heavy atom. The van der Waals surface area contributed by atoms with Gasteiger partial charge in [-0.1, -0.05) is 12.8 Å². The fourth-order valence-electron chi connectivity index (χ4n) is 1.91. The molecule has 3 N–H and O–H groups in total. The molecule has 2 unspecified atom stereocenters. The Hall–Kier alpha value is -1.10. The zero-order chi connectivity index (χ0) is 11.3. The van der Waals surface area contributed by atoms with Crippen molar-refractivity contribution in [2.45, 2.75) is 44.7 Å². The van der Waals surface area contributed by atoms with Gasteiger partial charge in [0, 0.05) is 6.92 Å². The van der Waals surface area contributed by atoms with Crippen LogP contribution in [0.2, 0.25) is 0 Å². The maximum Gasteiger partial charge on any atom is 0.322 e. The van der Waals surface area contributed by atoms with E-state index in [0.717, 1.165) is 25.7 Å². The van der Waals surface area contributed by atoms with Gasteiger partial charge in [-0.25, -0.2) is 0 Å². The molecule has 1 heterocycles.